The van der Waals surface area contributed by atoms with E-state index in [0.717, 1.165) is 4.79 Å². The molecule has 0 bridgehead atoms. The molecule has 0 aliphatic heterocycles. The van der Waals surface area contributed by atoms with Gasteiger partial charge in [0.2, 0.25) is 6.33 Å². The number of hydrogen-bond acceptors (Lipinski definition) is 7. The Kier molecular flexibility index (Phi) is 3.66. The molecule has 1 aromatic rings. The second kappa shape index (κ2) is 4.04. The van der Waals surface area contributed by atoms with Crippen LogP contribution in [0.4, 0.5) is 5.95 Å². The second-order valence-electron chi connectivity index (χ2n) is 1.49. The monoisotopic (exact) mass is 199 g/mol. The van der Waals surface area contributed by atoms with Crippen molar-refractivity contribution in [3.63, 3.8) is 0 Å². The number of nitrogens with two attached hydrogens (primary N) is 2. The molecule has 12 heavy (non-hydrogen) atoms. The summed E-state index contributed by atoms with van der Waals surface area (Å²) in [5.74, 6) is 5.39. The molecule has 0 radical (unpaired) electrons. The number of hydrogen-bond donors (Lipinski definition) is 3. The summed E-state index contributed by atoms with van der Waals surface area (Å²) in [5.41, 5.74) is 5.14. The van der Waals surface area contributed by atoms with E-state index >= 15 is 0 Å². The topological polar surface area (TPSA) is 177 Å². The third kappa shape index (κ3) is 6.98. The molecule has 70 valence electrons. The van der Waals surface area contributed by atoms with Gasteiger partial charge in [-0.25, -0.2) is 18.6 Å². The van der Waals surface area contributed by atoms with E-state index in [1.165, 1.54) is 6.33 Å². The Labute approximate surface area is 68.6 Å². The van der Waals surface area contributed by atoms with Crippen molar-refractivity contribution in [1.29, 1.82) is 0 Å². The van der Waals surface area contributed by atoms with E-state index < -0.39 is 10.2 Å². The lowest BCUT2D eigenvalue weighted by Crippen LogP contribution is -2.68. The fourth-order valence-corrected chi connectivity index (χ4v) is 0.286. The van der Waals surface area contributed by atoms with Gasteiger partial charge in [-0.3, -0.25) is 11.6 Å². The molecular weight excluding hydrogens is 194 g/mol. The van der Waals surface area contributed by atoms with E-state index in [0.29, 0.717) is 0 Å². The van der Waals surface area contributed by atoms with Crippen LogP contribution in [-0.2, 0) is 0 Å². The Morgan fingerprint density at radius 2 is 1.83 bits per heavy atom. The van der Waals surface area contributed by atoms with Crippen LogP contribution < -0.4 is 35.0 Å². The summed E-state index contributed by atoms with van der Waals surface area (Å²) in [5, 5.41) is 2.53. The minimum absolute atomic E-state index is 0.278. The van der Waals surface area contributed by atoms with Crippen molar-refractivity contribution >= 4 is 5.95 Å². The zero-order valence-corrected chi connectivity index (χ0v) is 6.39. The first kappa shape index (κ1) is 10.9. The van der Waals surface area contributed by atoms with Gasteiger partial charge in [-0.15, -0.1) is 10.2 Å². The highest BCUT2D eigenvalue weighted by molar-refractivity contribution is 4.99. The summed E-state index contributed by atoms with van der Waals surface area (Å²) >= 11 is 0. The number of H-pyrrole nitrogens is 1. The Hall–Kier alpha value is -1.13. The number of nitrogens with one attached hydrogen (secondary N) is 1. The molecule has 0 aliphatic carbocycles. The summed E-state index contributed by atoms with van der Waals surface area (Å²) in [6.45, 7) is 0. The number of nitrogens with zero attached hydrogens (tertiary/aromatic N) is 2. The van der Waals surface area contributed by atoms with Crippen LogP contribution in [0.3, 0.4) is 0 Å². The number of anilines is 1. The first-order valence-electron chi connectivity index (χ1n) is 2.38. The average Bonchev–Trinajstić information content (AvgIpc) is 2.12. The molecule has 0 saturated heterocycles. The molecule has 10 heteroatoms. The number of aromatic amines is 1. The van der Waals surface area contributed by atoms with Gasteiger partial charge in [0.05, 0.1) is 0 Å². The van der Waals surface area contributed by atoms with Crippen LogP contribution in [0.25, 0.3) is 0 Å². The largest absolute Gasteiger partial charge is 0.431 e. The molecule has 0 amide bonds. The molecule has 0 unspecified atom stereocenters. The highest BCUT2D eigenvalue weighted by Gasteiger charge is 1.98. The zero-order valence-electron chi connectivity index (χ0n) is 5.64. The van der Waals surface area contributed by atoms with Crippen LogP contribution in [0.1, 0.15) is 0 Å². The molecule has 0 saturated carbocycles. The van der Waals surface area contributed by atoms with Crippen LogP contribution in [0.15, 0.2) is 6.33 Å². The van der Waals surface area contributed by atoms with Crippen LogP contribution >= 0.6 is 0 Å². The van der Waals surface area contributed by atoms with Gasteiger partial charge in [0, 0.05) is 0 Å². The van der Waals surface area contributed by atoms with Crippen molar-refractivity contribution in [2.45, 2.75) is 0 Å². The molecule has 1 aromatic heterocycles. The SMILES string of the molecule is Nc1nc[nH][n+]1N.[O-][Cl+3]([O-])([O-])[O-]. The minimum Gasteiger partial charge on any atom is -0.284 e. The predicted octanol–water partition coefficient (Wildman–Crippen LogP) is -6.76. The molecule has 0 aliphatic rings. The third-order valence-corrected chi connectivity index (χ3v) is 0.640. The molecule has 1 rings (SSSR count). The first-order chi connectivity index (χ1) is 5.30. The van der Waals surface area contributed by atoms with Crippen molar-refractivity contribution in [3.05, 3.63) is 6.33 Å². The Bertz CT molecular complexity index is 209. The predicted molar refractivity (Wildman–Crippen MR) is 23.3 cm³/mol. The molecular formula is C2H6ClN5O4. The van der Waals surface area contributed by atoms with Crippen molar-refractivity contribution in [2.24, 2.45) is 0 Å². The third-order valence-electron chi connectivity index (χ3n) is 0.640. The smallest absolute Gasteiger partial charge is 0.284 e. The molecule has 0 fully saturated rings. The summed E-state index contributed by atoms with van der Waals surface area (Å²) in [6.07, 6.45) is 1.41. The highest BCUT2D eigenvalue weighted by Crippen LogP contribution is 1.71. The highest BCUT2D eigenvalue weighted by atomic mass is 35.7. The molecule has 0 spiro atoms. The number of halogens is 1. The maximum absolute atomic E-state index is 8.49. The van der Waals surface area contributed by atoms with E-state index in [-0.39, 0.29) is 5.95 Å². The summed E-state index contributed by atoms with van der Waals surface area (Å²) in [6, 6.07) is 0. The van der Waals surface area contributed by atoms with E-state index in [1.807, 2.05) is 0 Å². The fourth-order valence-electron chi connectivity index (χ4n) is 0.286. The number of rotatable bonds is 0. The van der Waals surface area contributed by atoms with Gasteiger partial charge in [-0.2, -0.15) is 5.10 Å². The maximum Gasteiger partial charge on any atom is 0.431 e. The van der Waals surface area contributed by atoms with Crippen molar-refractivity contribution in [3.8, 4) is 0 Å². The van der Waals surface area contributed by atoms with E-state index in [4.69, 9.17) is 30.2 Å². The quantitative estimate of drug-likeness (QED) is 0.274. The van der Waals surface area contributed by atoms with Crippen LogP contribution in [0.2, 0.25) is 0 Å². The number of aromatic nitrogens is 3. The van der Waals surface area contributed by atoms with Gasteiger partial charge in [0.25, 0.3) is 0 Å². The van der Waals surface area contributed by atoms with Gasteiger partial charge in [-0.1, -0.05) is 9.77 Å². The Balaban J connectivity index is 0.000000217. The summed E-state index contributed by atoms with van der Waals surface area (Å²) < 4.78 is 34.0. The van der Waals surface area contributed by atoms with Crippen molar-refractivity contribution < 1.29 is 33.7 Å². The standard InChI is InChI=1S/C2H5N5.ClHO4/c3-2-5-1-6-7(2)4;2-1(3,4)5/h1H,4H2,(H2,3,5,6);(H,2,3,4,5). The van der Waals surface area contributed by atoms with Gasteiger partial charge in [0.15, 0.2) is 0 Å². The van der Waals surface area contributed by atoms with Crippen LogP contribution in [-0.4, -0.2) is 10.1 Å². The summed E-state index contributed by atoms with van der Waals surface area (Å²) in [7, 11) is -4.94. The van der Waals surface area contributed by atoms with Gasteiger partial charge in [0.1, 0.15) is 0 Å². The van der Waals surface area contributed by atoms with Crippen LogP contribution in [0.5, 0.6) is 0 Å². The van der Waals surface area contributed by atoms with Gasteiger partial charge >= 0.3 is 5.95 Å². The molecule has 1 heterocycles. The fraction of sp³-hybridized carbons (Fsp3) is 0. The maximum atomic E-state index is 8.49. The minimum atomic E-state index is -4.94. The van der Waals surface area contributed by atoms with Crippen molar-refractivity contribution in [2.75, 3.05) is 11.6 Å². The first-order valence-corrected chi connectivity index (χ1v) is 3.62. The van der Waals surface area contributed by atoms with E-state index in [1.54, 1.807) is 0 Å². The average molecular weight is 200 g/mol. The van der Waals surface area contributed by atoms with Gasteiger partial charge in [-0.05, 0) is 0 Å². The molecule has 0 aromatic carbocycles. The molecule has 5 N–H and O–H groups in total. The van der Waals surface area contributed by atoms with E-state index in [9.17, 15) is 0 Å². The lowest BCUT2D eigenvalue weighted by Gasteiger charge is -2.17. The lowest BCUT2D eigenvalue weighted by molar-refractivity contribution is -2.00. The number of nitrogen functional groups attached to an aromatic ring is 2. The normalized spacial score (nSPS) is 10.3. The van der Waals surface area contributed by atoms with Crippen LogP contribution in [0, 0.1) is 10.2 Å². The molecule has 0 atom stereocenters. The van der Waals surface area contributed by atoms with E-state index in [2.05, 4.69) is 10.1 Å². The summed E-state index contributed by atoms with van der Waals surface area (Å²) in [4.78, 5) is 4.70. The second-order valence-corrected chi connectivity index (χ2v) is 2.25. The Morgan fingerprint density at radius 1 is 1.42 bits per heavy atom. The lowest BCUT2D eigenvalue weighted by atomic mass is 11.1. The van der Waals surface area contributed by atoms with Crippen molar-refractivity contribution in [1.82, 2.24) is 10.1 Å². The van der Waals surface area contributed by atoms with Gasteiger partial charge < -0.3 is 0 Å². The molecule has 9 nitrogen and oxygen atoms in total. The zero-order chi connectivity index (χ0) is 9.78. The Morgan fingerprint density at radius 3 is 1.92 bits per heavy atom.